The third-order valence-electron chi connectivity index (χ3n) is 3.65. The zero-order valence-electron chi connectivity index (χ0n) is 13.0. The minimum absolute atomic E-state index is 0.147. The number of benzene rings is 1. The zero-order valence-corrected chi connectivity index (χ0v) is 13.9. The number of hydrogen-bond donors (Lipinski definition) is 1. The highest BCUT2D eigenvalue weighted by Gasteiger charge is 2.22. The Hall–Kier alpha value is -2.08. The molecule has 118 valence electrons. The molecule has 1 N–H and O–H groups in total. The van der Waals surface area contributed by atoms with Gasteiger partial charge in [-0.1, -0.05) is 6.92 Å². The van der Waals surface area contributed by atoms with E-state index < -0.39 is 11.9 Å². The summed E-state index contributed by atoms with van der Waals surface area (Å²) in [6.07, 6.45) is 0. The molecule has 0 bridgehead atoms. The molecular formula is C16H19NO4S. The van der Waals surface area contributed by atoms with Crippen molar-refractivity contribution in [3.63, 3.8) is 0 Å². The third kappa shape index (κ3) is 3.06. The van der Waals surface area contributed by atoms with Crippen LogP contribution in [0, 0.1) is 12.8 Å². The molecule has 0 aliphatic carbocycles. The van der Waals surface area contributed by atoms with Crippen LogP contribution < -0.4 is 4.74 Å². The molecule has 0 aliphatic rings. The van der Waals surface area contributed by atoms with Crippen LogP contribution >= 0.6 is 11.3 Å². The van der Waals surface area contributed by atoms with Gasteiger partial charge < -0.3 is 14.7 Å². The first-order chi connectivity index (χ1) is 10.3. The number of methoxy groups -OCH3 is 1. The van der Waals surface area contributed by atoms with Crippen molar-refractivity contribution < 1.29 is 19.4 Å². The number of carboxylic acids is 1. The summed E-state index contributed by atoms with van der Waals surface area (Å²) in [5.41, 5.74) is 0.902. The van der Waals surface area contributed by atoms with Crippen LogP contribution in [0.1, 0.15) is 22.2 Å². The van der Waals surface area contributed by atoms with E-state index in [1.807, 2.05) is 25.1 Å². The van der Waals surface area contributed by atoms with Crippen molar-refractivity contribution in [1.82, 2.24) is 4.90 Å². The molecule has 2 rings (SSSR count). The van der Waals surface area contributed by atoms with E-state index in [4.69, 9.17) is 9.84 Å². The molecule has 1 unspecified atom stereocenters. The van der Waals surface area contributed by atoms with Gasteiger partial charge in [-0.25, -0.2) is 0 Å². The van der Waals surface area contributed by atoms with Crippen LogP contribution in [0.15, 0.2) is 18.2 Å². The zero-order chi connectivity index (χ0) is 16.4. The minimum atomic E-state index is -0.905. The maximum atomic E-state index is 12.6. The lowest BCUT2D eigenvalue weighted by Gasteiger charge is -2.19. The summed E-state index contributed by atoms with van der Waals surface area (Å²) in [4.78, 5) is 25.6. The number of hydrogen-bond acceptors (Lipinski definition) is 4. The van der Waals surface area contributed by atoms with Gasteiger partial charge in [-0.2, -0.15) is 0 Å². The molecule has 0 aliphatic heterocycles. The summed E-state index contributed by atoms with van der Waals surface area (Å²) in [6, 6.07) is 5.71. The van der Waals surface area contributed by atoms with E-state index in [2.05, 4.69) is 0 Å². The summed E-state index contributed by atoms with van der Waals surface area (Å²) in [7, 11) is 3.24. The molecule has 0 spiro atoms. The largest absolute Gasteiger partial charge is 0.497 e. The lowest BCUT2D eigenvalue weighted by molar-refractivity contribution is -0.141. The van der Waals surface area contributed by atoms with Gasteiger partial charge >= 0.3 is 5.97 Å². The van der Waals surface area contributed by atoms with Gasteiger partial charge in [-0.05, 0) is 36.1 Å². The van der Waals surface area contributed by atoms with Gasteiger partial charge in [0.25, 0.3) is 5.91 Å². The van der Waals surface area contributed by atoms with E-state index in [1.165, 1.54) is 16.2 Å². The van der Waals surface area contributed by atoms with Crippen LogP contribution in [0.3, 0.4) is 0 Å². The van der Waals surface area contributed by atoms with Crippen molar-refractivity contribution >= 4 is 33.3 Å². The third-order valence-corrected chi connectivity index (χ3v) is 4.91. The predicted octanol–water partition coefficient (Wildman–Crippen LogP) is 3.01. The molecule has 6 heteroatoms. The number of aryl methyl sites for hydroxylation is 1. The standard InChI is InChI=1S/C16H19NO4S/c1-9(16(19)20)8-17(3)15(18)14-10(2)12-7-11(21-4)5-6-13(12)22-14/h5-7,9H,8H2,1-4H3,(H,19,20). The number of aliphatic carboxylic acids is 1. The topological polar surface area (TPSA) is 66.8 Å². The molecule has 0 fully saturated rings. The molecule has 1 aromatic carbocycles. The monoisotopic (exact) mass is 321 g/mol. The average molecular weight is 321 g/mol. The second-order valence-electron chi connectivity index (χ2n) is 5.34. The second-order valence-corrected chi connectivity index (χ2v) is 6.40. The molecule has 1 heterocycles. The van der Waals surface area contributed by atoms with Crippen LogP contribution in [-0.4, -0.2) is 42.6 Å². The van der Waals surface area contributed by atoms with Crippen LogP contribution in [0.5, 0.6) is 5.75 Å². The Morgan fingerprint density at radius 2 is 2.09 bits per heavy atom. The quantitative estimate of drug-likeness (QED) is 0.919. The molecular weight excluding hydrogens is 302 g/mol. The molecule has 0 radical (unpaired) electrons. The van der Waals surface area contributed by atoms with E-state index >= 15 is 0 Å². The van der Waals surface area contributed by atoms with Gasteiger partial charge in [0, 0.05) is 18.3 Å². The van der Waals surface area contributed by atoms with Gasteiger partial charge in [0.15, 0.2) is 0 Å². The predicted molar refractivity (Wildman–Crippen MR) is 86.9 cm³/mol. The number of ether oxygens (including phenoxy) is 1. The first kappa shape index (κ1) is 16.3. The fourth-order valence-corrected chi connectivity index (χ4v) is 3.46. The number of nitrogens with zero attached hydrogens (tertiary/aromatic N) is 1. The van der Waals surface area contributed by atoms with E-state index in [-0.39, 0.29) is 12.5 Å². The van der Waals surface area contributed by atoms with Crippen LogP contribution in [-0.2, 0) is 4.79 Å². The van der Waals surface area contributed by atoms with Crippen molar-refractivity contribution in [3.8, 4) is 5.75 Å². The number of carbonyl (C=O) groups excluding carboxylic acids is 1. The number of carbonyl (C=O) groups is 2. The van der Waals surface area contributed by atoms with Crippen LogP contribution in [0.4, 0.5) is 0 Å². The molecule has 5 nitrogen and oxygen atoms in total. The highest BCUT2D eigenvalue weighted by atomic mass is 32.1. The Morgan fingerprint density at radius 3 is 2.68 bits per heavy atom. The Labute approximate surface area is 133 Å². The van der Waals surface area contributed by atoms with Crippen molar-refractivity contribution in [2.24, 2.45) is 5.92 Å². The Balaban J connectivity index is 2.32. The lowest BCUT2D eigenvalue weighted by atomic mass is 10.1. The number of thiophene rings is 1. The average Bonchev–Trinajstić information content (AvgIpc) is 2.82. The van der Waals surface area contributed by atoms with Crippen molar-refractivity contribution in [2.45, 2.75) is 13.8 Å². The fourth-order valence-electron chi connectivity index (χ4n) is 2.28. The highest BCUT2D eigenvalue weighted by molar-refractivity contribution is 7.21. The van der Waals surface area contributed by atoms with Gasteiger partial charge in [0.05, 0.1) is 17.9 Å². The Morgan fingerprint density at radius 1 is 1.41 bits per heavy atom. The maximum Gasteiger partial charge on any atom is 0.308 e. The molecule has 2 aromatic rings. The first-order valence-corrected chi connectivity index (χ1v) is 7.72. The molecule has 0 saturated carbocycles. The van der Waals surface area contributed by atoms with Gasteiger partial charge in [-0.15, -0.1) is 11.3 Å². The smallest absolute Gasteiger partial charge is 0.308 e. The summed E-state index contributed by atoms with van der Waals surface area (Å²) in [5.74, 6) is -0.896. The van der Waals surface area contributed by atoms with Crippen LogP contribution in [0.2, 0.25) is 0 Å². The molecule has 1 atom stereocenters. The van der Waals surface area contributed by atoms with E-state index in [9.17, 15) is 9.59 Å². The Bertz CT molecular complexity index is 722. The van der Waals surface area contributed by atoms with E-state index in [0.29, 0.717) is 4.88 Å². The molecule has 1 aromatic heterocycles. The number of carboxylic acid groups (broad SMARTS) is 1. The lowest BCUT2D eigenvalue weighted by Crippen LogP contribution is -2.33. The summed E-state index contributed by atoms with van der Waals surface area (Å²) >= 11 is 1.42. The number of amides is 1. The van der Waals surface area contributed by atoms with Crippen molar-refractivity contribution in [2.75, 3.05) is 20.7 Å². The SMILES string of the molecule is COc1ccc2sc(C(=O)N(C)CC(C)C(=O)O)c(C)c2c1. The van der Waals surface area contributed by atoms with Gasteiger partial charge in [-0.3, -0.25) is 9.59 Å². The maximum absolute atomic E-state index is 12.6. The molecule has 1 amide bonds. The minimum Gasteiger partial charge on any atom is -0.497 e. The fraction of sp³-hybridized carbons (Fsp3) is 0.375. The van der Waals surface area contributed by atoms with Gasteiger partial charge in [0.2, 0.25) is 0 Å². The summed E-state index contributed by atoms with van der Waals surface area (Å²) in [6.45, 7) is 3.68. The highest BCUT2D eigenvalue weighted by Crippen LogP contribution is 2.34. The molecule has 0 saturated heterocycles. The molecule has 22 heavy (non-hydrogen) atoms. The van der Waals surface area contributed by atoms with Crippen molar-refractivity contribution in [1.29, 1.82) is 0 Å². The first-order valence-electron chi connectivity index (χ1n) is 6.90. The van der Waals surface area contributed by atoms with Crippen LogP contribution in [0.25, 0.3) is 10.1 Å². The number of fused-ring (bicyclic) bond motifs is 1. The Kier molecular flexibility index (Phi) is 4.71. The summed E-state index contributed by atoms with van der Waals surface area (Å²) < 4.78 is 6.23. The normalized spacial score (nSPS) is 12.2. The van der Waals surface area contributed by atoms with Gasteiger partial charge in [0.1, 0.15) is 5.75 Å². The second kappa shape index (κ2) is 6.36. The summed E-state index contributed by atoms with van der Waals surface area (Å²) in [5, 5.41) is 9.95. The van der Waals surface area contributed by atoms with E-state index in [0.717, 1.165) is 21.4 Å². The van der Waals surface area contributed by atoms with Crippen molar-refractivity contribution in [3.05, 3.63) is 28.6 Å². The van der Waals surface area contributed by atoms with E-state index in [1.54, 1.807) is 21.1 Å². The number of rotatable bonds is 5.